The van der Waals surface area contributed by atoms with Crippen LogP contribution in [0.2, 0.25) is 0 Å². The lowest BCUT2D eigenvalue weighted by atomic mass is 9.97. The van der Waals surface area contributed by atoms with Crippen molar-refractivity contribution >= 4 is 11.8 Å². The number of hydrogen-bond donors (Lipinski definition) is 1. The third-order valence-corrected chi connectivity index (χ3v) is 4.48. The van der Waals surface area contributed by atoms with Crippen molar-refractivity contribution in [1.82, 2.24) is 4.90 Å². The highest BCUT2D eigenvalue weighted by Crippen LogP contribution is 2.30. The standard InChI is InChI=1S/C18H24N2O4/c1-13(2)24-15-5-3-14(4-6-15)16-11-17(21)20(18(16)22)12-19-7-9-23-10-8-19/h3-6,13,16H,7-12H2,1-2H3/p+1. The maximum absolute atomic E-state index is 12.7. The van der Waals surface area contributed by atoms with E-state index >= 15 is 0 Å². The molecule has 0 radical (unpaired) electrons. The Morgan fingerprint density at radius 1 is 1.21 bits per heavy atom. The smallest absolute Gasteiger partial charge is 0.241 e. The van der Waals surface area contributed by atoms with Crippen molar-refractivity contribution in [1.29, 1.82) is 0 Å². The molecule has 2 heterocycles. The lowest BCUT2D eigenvalue weighted by Crippen LogP contribution is -3.15. The summed E-state index contributed by atoms with van der Waals surface area (Å²) in [5.41, 5.74) is 0.879. The molecular formula is C18H25N2O4+. The first kappa shape index (κ1) is 16.9. The van der Waals surface area contributed by atoms with Crippen molar-refractivity contribution < 1.29 is 24.0 Å². The summed E-state index contributed by atoms with van der Waals surface area (Å²) in [5.74, 6) is 0.245. The fraction of sp³-hybridized carbons (Fsp3) is 0.556. The van der Waals surface area contributed by atoms with Crippen LogP contribution in [0.5, 0.6) is 5.75 Å². The van der Waals surface area contributed by atoms with Crippen LogP contribution < -0.4 is 9.64 Å². The SMILES string of the molecule is CC(C)Oc1ccc(C2CC(=O)N(C[NH+]3CCOCC3)C2=O)cc1. The lowest BCUT2D eigenvalue weighted by Gasteiger charge is -2.27. The molecule has 2 aliphatic rings. The zero-order valence-corrected chi connectivity index (χ0v) is 14.3. The van der Waals surface area contributed by atoms with Crippen molar-refractivity contribution in [2.75, 3.05) is 33.0 Å². The van der Waals surface area contributed by atoms with E-state index in [2.05, 4.69) is 0 Å². The van der Waals surface area contributed by atoms with E-state index in [0.29, 0.717) is 19.9 Å². The van der Waals surface area contributed by atoms with E-state index < -0.39 is 0 Å². The molecule has 3 rings (SSSR count). The van der Waals surface area contributed by atoms with Crippen molar-refractivity contribution in [2.45, 2.75) is 32.3 Å². The first-order valence-electron chi connectivity index (χ1n) is 8.56. The Labute approximate surface area is 142 Å². The molecule has 2 saturated heterocycles. The second-order valence-electron chi connectivity index (χ2n) is 6.67. The van der Waals surface area contributed by atoms with Gasteiger partial charge in [-0.3, -0.25) is 9.59 Å². The van der Waals surface area contributed by atoms with E-state index in [1.807, 2.05) is 38.1 Å². The lowest BCUT2D eigenvalue weighted by molar-refractivity contribution is -0.915. The topological polar surface area (TPSA) is 60.3 Å². The van der Waals surface area contributed by atoms with Gasteiger partial charge in [0, 0.05) is 6.42 Å². The molecule has 2 amide bonds. The maximum Gasteiger partial charge on any atom is 0.241 e. The summed E-state index contributed by atoms with van der Waals surface area (Å²) < 4.78 is 10.9. The largest absolute Gasteiger partial charge is 0.491 e. The zero-order valence-electron chi connectivity index (χ0n) is 14.3. The van der Waals surface area contributed by atoms with Gasteiger partial charge in [0.05, 0.1) is 25.2 Å². The first-order chi connectivity index (χ1) is 11.5. The highest BCUT2D eigenvalue weighted by atomic mass is 16.5. The fourth-order valence-corrected chi connectivity index (χ4v) is 3.20. The van der Waals surface area contributed by atoms with Gasteiger partial charge in [0.1, 0.15) is 18.8 Å². The number of rotatable bonds is 5. The van der Waals surface area contributed by atoms with Crippen LogP contribution in [0.1, 0.15) is 31.7 Å². The Hall–Kier alpha value is -1.92. The Bertz CT molecular complexity index is 594. The van der Waals surface area contributed by atoms with Crippen LogP contribution in [0.3, 0.4) is 0 Å². The van der Waals surface area contributed by atoms with E-state index in [1.165, 1.54) is 9.80 Å². The predicted octanol–water partition coefficient (Wildman–Crippen LogP) is 0.189. The number of nitrogens with zero attached hydrogens (tertiary/aromatic N) is 1. The van der Waals surface area contributed by atoms with Gasteiger partial charge >= 0.3 is 0 Å². The molecule has 6 heteroatoms. The minimum absolute atomic E-state index is 0.0773. The van der Waals surface area contributed by atoms with Crippen molar-refractivity contribution in [2.24, 2.45) is 0 Å². The summed E-state index contributed by atoms with van der Waals surface area (Å²) in [5, 5.41) is 0. The van der Waals surface area contributed by atoms with E-state index in [0.717, 1.165) is 24.4 Å². The van der Waals surface area contributed by atoms with Crippen LogP contribution in [0.15, 0.2) is 24.3 Å². The molecule has 1 atom stereocenters. The number of amides is 2. The van der Waals surface area contributed by atoms with Gasteiger partial charge < -0.3 is 14.4 Å². The summed E-state index contributed by atoms with van der Waals surface area (Å²) in [4.78, 5) is 27.6. The van der Waals surface area contributed by atoms with Crippen molar-refractivity contribution in [3.8, 4) is 5.75 Å². The van der Waals surface area contributed by atoms with Crippen LogP contribution in [0.4, 0.5) is 0 Å². The minimum Gasteiger partial charge on any atom is -0.491 e. The molecule has 0 spiro atoms. The molecule has 0 bridgehead atoms. The fourth-order valence-electron chi connectivity index (χ4n) is 3.20. The molecule has 24 heavy (non-hydrogen) atoms. The van der Waals surface area contributed by atoms with E-state index in [1.54, 1.807) is 0 Å². The highest BCUT2D eigenvalue weighted by molar-refractivity contribution is 6.06. The molecular weight excluding hydrogens is 308 g/mol. The minimum atomic E-state index is -0.369. The second-order valence-corrected chi connectivity index (χ2v) is 6.67. The normalized spacial score (nSPS) is 22.5. The first-order valence-corrected chi connectivity index (χ1v) is 8.56. The number of hydrogen-bond acceptors (Lipinski definition) is 4. The van der Waals surface area contributed by atoms with Gasteiger partial charge in [0.25, 0.3) is 0 Å². The average molecular weight is 333 g/mol. The van der Waals surface area contributed by atoms with E-state index in [4.69, 9.17) is 9.47 Å². The van der Waals surface area contributed by atoms with Crippen LogP contribution in [-0.2, 0) is 14.3 Å². The number of nitrogens with one attached hydrogen (secondary N) is 1. The van der Waals surface area contributed by atoms with E-state index in [9.17, 15) is 9.59 Å². The third kappa shape index (κ3) is 3.76. The number of ether oxygens (including phenoxy) is 2. The summed E-state index contributed by atoms with van der Waals surface area (Å²) in [6.07, 6.45) is 0.366. The third-order valence-electron chi connectivity index (χ3n) is 4.48. The summed E-state index contributed by atoms with van der Waals surface area (Å²) >= 11 is 0. The molecule has 0 aromatic heterocycles. The van der Waals surface area contributed by atoms with Gasteiger partial charge in [-0.25, -0.2) is 4.90 Å². The highest BCUT2D eigenvalue weighted by Gasteiger charge is 2.41. The molecule has 0 aliphatic carbocycles. The summed E-state index contributed by atoms with van der Waals surface area (Å²) in [6, 6.07) is 7.50. The molecule has 2 aliphatic heterocycles. The monoisotopic (exact) mass is 333 g/mol. The van der Waals surface area contributed by atoms with Gasteiger partial charge in [0.15, 0.2) is 6.67 Å². The number of benzene rings is 1. The number of carbonyl (C=O) groups is 2. The van der Waals surface area contributed by atoms with Crippen LogP contribution in [0, 0.1) is 0 Å². The molecule has 2 fully saturated rings. The Morgan fingerprint density at radius 2 is 1.88 bits per heavy atom. The summed E-state index contributed by atoms with van der Waals surface area (Å²) in [7, 11) is 0. The van der Waals surface area contributed by atoms with Crippen LogP contribution in [-0.4, -0.2) is 55.8 Å². The number of quaternary nitrogens is 1. The predicted molar refractivity (Wildman–Crippen MR) is 87.8 cm³/mol. The van der Waals surface area contributed by atoms with Gasteiger partial charge in [-0.15, -0.1) is 0 Å². The number of morpholine rings is 1. The quantitative estimate of drug-likeness (QED) is 0.782. The number of carbonyl (C=O) groups excluding carboxylic acids is 2. The molecule has 130 valence electrons. The zero-order chi connectivity index (χ0) is 17.1. The van der Waals surface area contributed by atoms with Gasteiger partial charge in [-0.1, -0.05) is 12.1 Å². The Balaban J connectivity index is 1.66. The van der Waals surface area contributed by atoms with Gasteiger partial charge in [-0.2, -0.15) is 0 Å². The average Bonchev–Trinajstić information content (AvgIpc) is 2.84. The van der Waals surface area contributed by atoms with Gasteiger partial charge in [-0.05, 0) is 31.5 Å². The molecule has 1 N–H and O–H groups in total. The van der Waals surface area contributed by atoms with Crippen molar-refractivity contribution in [3.63, 3.8) is 0 Å². The van der Waals surface area contributed by atoms with E-state index in [-0.39, 0.29) is 30.3 Å². The Morgan fingerprint density at radius 3 is 2.50 bits per heavy atom. The number of likely N-dealkylation sites (tertiary alicyclic amines) is 1. The van der Waals surface area contributed by atoms with Crippen LogP contribution in [0.25, 0.3) is 0 Å². The maximum atomic E-state index is 12.7. The van der Waals surface area contributed by atoms with Crippen LogP contribution >= 0.6 is 0 Å². The Kier molecular flexibility index (Phi) is 5.16. The molecule has 1 aromatic carbocycles. The van der Waals surface area contributed by atoms with Gasteiger partial charge in [0.2, 0.25) is 11.8 Å². The number of imide groups is 1. The molecule has 1 unspecified atom stereocenters. The van der Waals surface area contributed by atoms with Crippen molar-refractivity contribution in [3.05, 3.63) is 29.8 Å². The molecule has 0 saturated carbocycles. The second kappa shape index (κ2) is 7.32. The summed E-state index contributed by atoms with van der Waals surface area (Å²) in [6.45, 7) is 7.44. The molecule has 6 nitrogen and oxygen atoms in total. The molecule has 1 aromatic rings.